The molecular weight excluding hydrogens is 1180 g/mol. The Balaban J connectivity index is 0.851. The molecular formula is C85H59N7Si2. The van der Waals surface area contributed by atoms with Gasteiger partial charge in [0.2, 0.25) is 5.95 Å². The molecule has 0 spiro atoms. The molecule has 9 heteroatoms. The molecule has 0 aliphatic carbocycles. The molecule has 0 N–H and O–H groups in total. The van der Waals surface area contributed by atoms with Crippen LogP contribution in [0.15, 0.2) is 358 Å². The summed E-state index contributed by atoms with van der Waals surface area (Å²) >= 11 is 0. The zero-order valence-corrected chi connectivity index (χ0v) is 53.2. The second kappa shape index (κ2) is 23.7. The van der Waals surface area contributed by atoms with E-state index in [2.05, 4.69) is 367 Å². The van der Waals surface area contributed by atoms with Gasteiger partial charge in [-0.1, -0.05) is 328 Å². The predicted octanol–water partition coefficient (Wildman–Crippen LogP) is 14.3. The van der Waals surface area contributed by atoms with E-state index in [1.807, 2.05) is 0 Å². The highest BCUT2D eigenvalue weighted by molar-refractivity contribution is 7.20. The van der Waals surface area contributed by atoms with E-state index < -0.39 is 16.1 Å². The lowest BCUT2D eigenvalue weighted by Crippen LogP contribution is -2.74. The molecule has 13 aromatic carbocycles. The Labute approximate surface area is 547 Å². The Bertz CT molecular complexity index is 4960. The van der Waals surface area contributed by atoms with Crippen LogP contribution in [0.1, 0.15) is 0 Å². The van der Waals surface area contributed by atoms with Gasteiger partial charge in [0, 0.05) is 49.9 Å². The van der Waals surface area contributed by atoms with E-state index >= 15 is 0 Å². The standard InChI is InChI=1S/C85H59N7Si2/c1-7-31-64(32-8-1)93(65-33-9-2-10-34-65,66-35-11-3-12-36-66)70-43-27-29-62(57-70)76-59-81(91-77-49-23-19-45-72(77)73-46-20-24-50-78(73)91)87-82(86-76)60-53-55-61(56-54-60)83-88-84(90-85(89-83)92-79-51-25-21-47-74(79)75-48-22-26-52-80(75)92)63-30-28-44-71(58-63)94(67-37-13-4-14-38-67,68-39-15-5-16-40-68)69-41-17-6-18-42-69/h1-59H. The number of aromatic nitrogens is 7. The summed E-state index contributed by atoms with van der Waals surface area (Å²) in [5.74, 6) is 2.99. The molecule has 4 aromatic heterocycles. The molecule has 0 bridgehead atoms. The van der Waals surface area contributed by atoms with Crippen molar-refractivity contribution in [2.75, 3.05) is 0 Å². The van der Waals surface area contributed by atoms with Gasteiger partial charge in [0.1, 0.15) is 5.82 Å². The molecule has 7 nitrogen and oxygen atoms in total. The van der Waals surface area contributed by atoms with Gasteiger partial charge in [-0.15, -0.1) is 0 Å². The highest BCUT2D eigenvalue weighted by atomic mass is 28.3. The summed E-state index contributed by atoms with van der Waals surface area (Å²) in [7, 11) is -5.85. The first kappa shape index (κ1) is 56.0. The van der Waals surface area contributed by atoms with Crippen LogP contribution in [0.2, 0.25) is 0 Å². The van der Waals surface area contributed by atoms with Crippen molar-refractivity contribution in [3.8, 4) is 57.2 Å². The van der Waals surface area contributed by atoms with Gasteiger partial charge in [-0.3, -0.25) is 9.13 Å². The van der Waals surface area contributed by atoms with Crippen molar-refractivity contribution in [2.24, 2.45) is 0 Å². The number of nitrogens with zero attached hydrogens (tertiary/aromatic N) is 7. The summed E-state index contributed by atoms with van der Waals surface area (Å²) in [5.41, 5.74) is 8.51. The van der Waals surface area contributed by atoms with Gasteiger partial charge in [0.25, 0.3) is 0 Å². The molecule has 17 aromatic rings. The highest BCUT2D eigenvalue weighted by Gasteiger charge is 2.43. The Hall–Kier alpha value is -12.0. The van der Waals surface area contributed by atoms with Gasteiger partial charge in [-0.05, 0) is 65.8 Å². The summed E-state index contributed by atoms with van der Waals surface area (Å²) < 4.78 is 4.48. The fourth-order valence-electron chi connectivity index (χ4n) is 14.6. The lowest BCUT2D eigenvalue weighted by Gasteiger charge is -2.34. The van der Waals surface area contributed by atoms with E-state index in [0.29, 0.717) is 23.4 Å². The molecule has 0 aliphatic heterocycles. The van der Waals surface area contributed by atoms with E-state index in [0.717, 1.165) is 77.4 Å². The van der Waals surface area contributed by atoms with Gasteiger partial charge in [0.05, 0.1) is 27.8 Å². The first-order valence-electron chi connectivity index (χ1n) is 31.9. The number of benzene rings is 13. The molecule has 442 valence electrons. The normalized spacial score (nSPS) is 11.8. The van der Waals surface area contributed by atoms with E-state index in [9.17, 15) is 0 Å². The van der Waals surface area contributed by atoms with E-state index in [-0.39, 0.29) is 0 Å². The fourth-order valence-corrected chi connectivity index (χ4v) is 24.1. The molecule has 0 amide bonds. The molecule has 0 fully saturated rings. The average molecular weight is 1230 g/mol. The van der Waals surface area contributed by atoms with Gasteiger partial charge in [-0.2, -0.15) is 9.97 Å². The van der Waals surface area contributed by atoms with Crippen LogP contribution in [-0.4, -0.2) is 50.2 Å². The Morgan fingerprint density at radius 3 is 0.883 bits per heavy atom. The van der Waals surface area contributed by atoms with Crippen molar-refractivity contribution in [2.45, 2.75) is 0 Å². The zero-order chi connectivity index (χ0) is 62.4. The minimum atomic E-state index is -2.94. The molecule has 17 rings (SSSR count). The lowest BCUT2D eigenvalue weighted by molar-refractivity contribution is 0.953. The molecule has 94 heavy (non-hydrogen) atoms. The minimum absolute atomic E-state index is 0.525. The largest absolute Gasteiger partial charge is 0.294 e. The first-order chi connectivity index (χ1) is 46.6. The maximum absolute atomic E-state index is 5.59. The van der Waals surface area contributed by atoms with Crippen LogP contribution < -0.4 is 41.5 Å². The monoisotopic (exact) mass is 1230 g/mol. The summed E-state index contributed by atoms with van der Waals surface area (Å²) in [4.78, 5) is 27.6. The van der Waals surface area contributed by atoms with Gasteiger partial charge in [0.15, 0.2) is 33.6 Å². The molecule has 0 atom stereocenters. The third kappa shape index (κ3) is 9.43. The van der Waals surface area contributed by atoms with Crippen LogP contribution in [0, 0.1) is 0 Å². The third-order valence-electron chi connectivity index (χ3n) is 18.7. The van der Waals surface area contributed by atoms with E-state index in [1.54, 1.807) is 0 Å². The Kier molecular flexibility index (Phi) is 14.1. The maximum atomic E-state index is 5.59. The van der Waals surface area contributed by atoms with Crippen LogP contribution >= 0.6 is 0 Å². The molecule has 0 aliphatic rings. The second-order valence-electron chi connectivity index (χ2n) is 23.9. The minimum Gasteiger partial charge on any atom is -0.294 e. The lowest BCUT2D eigenvalue weighted by atomic mass is 10.1. The maximum Gasteiger partial charge on any atom is 0.238 e. The van der Waals surface area contributed by atoms with Crippen LogP contribution in [0.5, 0.6) is 0 Å². The first-order valence-corrected chi connectivity index (χ1v) is 35.9. The third-order valence-corrected chi connectivity index (χ3v) is 28.3. The van der Waals surface area contributed by atoms with Crippen molar-refractivity contribution < 1.29 is 0 Å². The summed E-state index contributed by atoms with van der Waals surface area (Å²) in [5, 5.41) is 14.8. The molecule has 0 unspecified atom stereocenters. The van der Waals surface area contributed by atoms with Crippen LogP contribution in [-0.2, 0) is 0 Å². The zero-order valence-electron chi connectivity index (χ0n) is 51.2. The molecule has 4 heterocycles. The fraction of sp³-hybridized carbons (Fsp3) is 0. The highest BCUT2D eigenvalue weighted by Crippen LogP contribution is 2.36. The topological polar surface area (TPSA) is 74.3 Å². The van der Waals surface area contributed by atoms with Crippen molar-refractivity contribution >= 4 is 101 Å². The number of fused-ring (bicyclic) bond motifs is 6. The summed E-state index contributed by atoms with van der Waals surface area (Å²) in [6.45, 7) is 0. The molecule has 0 saturated heterocycles. The number of hydrogen-bond acceptors (Lipinski definition) is 5. The Morgan fingerprint density at radius 2 is 0.500 bits per heavy atom. The van der Waals surface area contributed by atoms with Gasteiger partial charge in [-0.25, -0.2) is 15.0 Å². The van der Waals surface area contributed by atoms with Crippen molar-refractivity contribution in [3.63, 3.8) is 0 Å². The van der Waals surface area contributed by atoms with Crippen LogP contribution in [0.3, 0.4) is 0 Å². The molecule has 0 radical (unpaired) electrons. The summed E-state index contributed by atoms with van der Waals surface area (Å²) in [6, 6.07) is 129. The summed E-state index contributed by atoms with van der Waals surface area (Å²) in [6.07, 6.45) is 0. The second-order valence-corrected chi connectivity index (χ2v) is 31.5. The smallest absolute Gasteiger partial charge is 0.238 e. The average Bonchev–Trinajstić information content (AvgIpc) is 1.02. The molecule has 0 saturated carbocycles. The quantitative estimate of drug-likeness (QED) is 0.0801. The van der Waals surface area contributed by atoms with E-state index in [1.165, 1.54) is 41.5 Å². The predicted molar refractivity (Wildman–Crippen MR) is 393 cm³/mol. The van der Waals surface area contributed by atoms with Crippen molar-refractivity contribution in [1.29, 1.82) is 0 Å². The number of para-hydroxylation sites is 4. The van der Waals surface area contributed by atoms with Gasteiger partial charge < -0.3 is 0 Å². The van der Waals surface area contributed by atoms with E-state index in [4.69, 9.17) is 24.9 Å². The van der Waals surface area contributed by atoms with Crippen LogP contribution in [0.4, 0.5) is 0 Å². The number of rotatable bonds is 14. The van der Waals surface area contributed by atoms with Crippen molar-refractivity contribution in [1.82, 2.24) is 34.1 Å². The van der Waals surface area contributed by atoms with Gasteiger partial charge >= 0.3 is 0 Å². The Morgan fingerprint density at radius 1 is 0.202 bits per heavy atom. The van der Waals surface area contributed by atoms with Crippen molar-refractivity contribution in [3.05, 3.63) is 358 Å². The SMILES string of the molecule is c1ccc([Si](c2ccccc2)(c2ccccc2)c2cccc(-c3cc(-n4c5ccccc5c5ccccc54)nc(-c4ccc(-c5nc(-c6cccc([Si](c7ccccc7)(c7ccccc7)c7ccccc7)c6)nc(-n6c7ccccc7c7ccccc76)n5)cc4)n3)c2)cc1. The number of hydrogen-bond donors (Lipinski definition) is 0. The van der Waals surface area contributed by atoms with Crippen LogP contribution in [0.25, 0.3) is 101 Å².